The van der Waals surface area contributed by atoms with Crippen molar-refractivity contribution < 1.29 is 26.7 Å². The van der Waals surface area contributed by atoms with E-state index >= 15 is 0 Å². The summed E-state index contributed by atoms with van der Waals surface area (Å²) in [5.41, 5.74) is 4.61. The summed E-state index contributed by atoms with van der Waals surface area (Å²) in [6.45, 7) is 4.90. The third-order valence-corrected chi connectivity index (χ3v) is 8.89. The molecule has 1 amide bonds. The molecule has 2 unspecified atom stereocenters. The third-order valence-electron chi connectivity index (χ3n) is 7.93. The Labute approximate surface area is 270 Å². The molecule has 230 valence electrons. The molecule has 9 nitrogen and oxygen atoms in total. The lowest BCUT2D eigenvalue weighted by molar-refractivity contribution is 0.0955. The topological polar surface area (TPSA) is 128 Å². The van der Waals surface area contributed by atoms with Crippen LogP contribution in [0.4, 0.5) is 0 Å². The van der Waals surface area contributed by atoms with E-state index in [0.29, 0.717) is 50.1 Å². The molecule has 2 fully saturated rings. The molecule has 2 heterocycles. The summed E-state index contributed by atoms with van der Waals surface area (Å²) in [7, 11) is -3.11. The predicted octanol–water partition coefficient (Wildman–Crippen LogP) is 7.34. The van der Waals surface area contributed by atoms with E-state index in [2.05, 4.69) is 22.4 Å². The maximum Gasteiger partial charge on any atom is 0.425 e. The zero-order valence-corrected chi connectivity index (χ0v) is 26.9. The minimum absolute atomic E-state index is 0.116. The van der Waals surface area contributed by atoms with Crippen LogP contribution in [0, 0.1) is 0 Å². The highest BCUT2D eigenvalue weighted by molar-refractivity contribution is 7.59. The second kappa shape index (κ2) is 13.3. The van der Waals surface area contributed by atoms with Gasteiger partial charge in [-0.1, -0.05) is 59.0 Å². The Morgan fingerprint density at radius 3 is 2.41 bits per heavy atom. The molecule has 2 aromatic heterocycles. The highest BCUT2D eigenvalue weighted by Crippen LogP contribution is 2.61. The molecule has 0 aliphatic heterocycles. The van der Waals surface area contributed by atoms with Crippen molar-refractivity contribution in [2.45, 2.75) is 57.0 Å². The van der Waals surface area contributed by atoms with E-state index in [1.165, 1.54) is 0 Å². The van der Waals surface area contributed by atoms with Crippen LogP contribution in [0.3, 0.4) is 0 Å². The number of carbonyl (C=O) groups is 1. The molecule has 4 aromatic rings. The van der Waals surface area contributed by atoms with Crippen molar-refractivity contribution in [2.24, 2.45) is 0 Å². The molecular formula is C31H28Cl3N3O6S. The second-order valence-electron chi connectivity index (χ2n) is 10.9. The highest BCUT2D eigenvalue weighted by atomic mass is 35.5. The Kier molecular flexibility index (Phi) is 9.65. The first-order valence-corrected chi connectivity index (χ1v) is 16.0. The van der Waals surface area contributed by atoms with E-state index in [1.807, 2.05) is 37.4 Å². The maximum absolute atomic E-state index is 12.3. The molecule has 2 aliphatic carbocycles. The standard InChI is InChI=1S/C31H28Cl3N3O3.O3S/c1-3-36-30(38)18-11-19(15-35-14-18)31(2)13-23(31)21-10-9-20(12-26(21)34)39-16-22-28(37-40-29(22)17-7-8-17)27-24(32)5-4-6-25(27)33;1-4(2)3/h4-6,9-12,14-15,17,23H,3,7-8,13,16H2,1-2H3,(H,36,38);. The van der Waals surface area contributed by atoms with E-state index < -0.39 is 10.6 Å². The molecule has 2 aliphatic rings. The van der Waals surface area contributed by atoms with Gasteiger partial charge in [-0.2, -0.15) is 0 Å². The Morgan fingerprint density at radius 2 is 1.77 bits per heavy atom. The zero-order valence-electron chi connectivity index (χ0n) is 23.8. The van der Waals surface area contributed by atoms with Gasteiger partial charge in [-0.3, -0.25) is 9.78 Å². The summed E-state index contributed by atoms with van der Waals surface area (Å²) in [6.07, 6.45) is 6.47. The number of nitrogens with one attached hydrogen (secondary N) is 1. The largest absolute Gasteiger partial charge is 0.489 e. The van der Waals surface area contributed by atoms with E-state index in [4.69, 9.17) is 56.7 Å². The van der Waals surface area contributed by atoms with Gasteiger partial charge in [0.2, 0.25) is 0 Å². The van der Waals surface area contributed by atoms with Crippen molar-refractivity contribution in [3.8, 4) is 17.0 Å². The molecule has 44 heavy (non-hydrogen) atoms. The van der Waals surface area contributed by atoms with Crippen LogP contribution >= 0.6 is 34.8 Å². The van der Waals surface area contributed by atoms with Crippen LogP contribution in [0.2, 0.25) is 15.1 Å². The van der Waals surface area contributed by atoms with Crippen LogP contribution in [0.1, 0.15) is 77.8 Å². The molecule has 2 saturated carbocycles. The number of hydrogen-bond donors (Lipinski definition) is 1. The minimum atomic E-state index is -3.11. The first-order valence-electron chi connectivity index (χ1n) is 13.9. The van der Waals surface area contributed by atoms with Crippen LogP contribution in [0.5, 0.6) is 5.75 Å². The predicted molar refractivity (Wildman–Crippen MR) is 166 cm³/mol. The fraction of sp³-hybridized carbons (Fsp3) is 0.323. The van der Waals surface area contributed by atoms with E-state index in [1.54, 1.807) is 24.4 Å². The van der Waals surface area contributed by atoms with Gasteiger partial charge in [0, 0.05) is 40.9 Å². The number of benzene rings is 2. The molecule has 2 atom stereocenters. The van der Waals surface area contributed by atoms with Crippen molar-refractivity contribution in [1.29, 1.82) is 0 Å². The second-order valence-corrected chi connectivity index (χ2v) is 12.5. The number of hydrogen-bond acceptors (Lipinski definition) is 8. The van der Waals surface area contributed by atoms with E-state index in [-0.39, 0.29) is 23.8 Å². The smallest absolute Gasteiger partial charge is 0.425 e. The summed E-state index contributed by atoms with van der Waals surface area (Å²) in [5, 5.41) is 8.83. The lowest BCUT2D eigenvalue weighted by Crippen LogP contribution is -2.23. The molecule has 0 radical (unpaired) electrons. The molecular weight excluding hydrogens is 649 g/mol. The van der Waals surface area contributed by atoms with Crippen LogP contribution in [-0.2, 0) is 22.6 Å². The van der Waals surface area contributed by atoms with Crippen LogP contribution in [0.15, 0.2) is 59.4 Å². The van der Waals surface area contributed by atoms with Crippen molar-refractivity contribution in [2.75, 3.05) is 6.54 Å². The fourth-order valence-corrected chi connectivity index (χ4v) is 6.24. The van der Waals surface area contributed by atoms with Gasteiger partial charge >= 0.3 is 10.6 Å². The van der Waals surface area contributed by atoms with Crippen LogP contribution < -0.4 is 10.1 Å². The third kappa shape index (κ3) is 6.94. The first kappa shape index (κ1) is 32.0. The lowest BCUT2D eigenvalue weighted by Gasteiger charge is -2.15. The number of amides is 1. The van der Waals surface area contributed by atoms with Gasteiger partial charge in [-0.25, -0.2) is 0 Å². The number of rotatable bonds is 9. The molecule has 1 N–H and O–H groups in total. The first-order chi connectivity index (χ1) is 21.0. The highest BCUT2D eigenvalue weighted by Gasteiger charge is 2.53. The summed E-state index contributed by atoms with van der Waals surface area (Å²) >= 11 is 19.8. The Bertz CT molecular complexity index is 1800. The molecule has 6 rings (SSSR count). The van der Waals surface area contributed by atoms with Gasteiger partial charge in [0.25, 0.3) is 5.91 Å². The quantitative estimate of drug-likeness (QED) is 0.195. The van der Waals surface area contributed by atoms with E-state index in [0.717, 1.165) is 41.7 Å². The van der Waals surface area contributed by atoms with Gasteiger partial charge in [0.15, 0.2) is 0 Å². The Morgan fingerprint density at radius 1 is 1.07 bits per heavy atom. The number of pyridine rings is 1. The molecule has 13 heteroatoms. The number of halogens is 3. The van der Waals surface area contributed by atoms with Crippen LogP contribution in [-0.4, -0.2) is 35.2 Å². The van der Waals surface area contributed by atoms with Gasteiger partial charge in [0.1, 0.15) is 23.8 Å². The maximum atomic E-state index is 12.3. The number of ether oxygens (including phenoxy) is 1. The van der Waals surface area contributed by atoms with E-state index in [9.17, 15) is 4.79 Å². The van der Waals surface area contributed by atoms with Crippen molar-refractivity contribution >= 4 is 51.3 Å². The molecule has 2 aromatic carbocycles. The van der Waals surface area contributed by atoms with Gasteiger partial charge in [-0.15, -0.1) is 12.6 Å². The van der Waals surface area contributed by atoms with Gasteiger partial charge in [0.05, 0.1) is 21.2 Å². The lowest BCUT2D eigenvalue weighted by atomic mass is 9.93. The fourth-order valence-electron chi connectivity index (χ4n) is 5.36. The Hall–Kier alpha value is -3.44. The average molecular weight is 677 g/mol. The van der Waals surface area contributed by atoms with Crippen molar-refractivity contribution in [1.82, 2.24) is 15.5 Å². The monoisotopic (exact) mass is 675 g/mol. The van der Waals surface area contributed by atoms with Gasteiger partial charge < -0.3 is 14.6 Å². The van der Waals surface area contributed by atoms with Gasteiger partial charge in [-0.05, 0) is 73.6 Å². The summed E-state index contributed by atoms with van der Waals surface area (Å²) in [4.78, 5) is 16.6. The number of aromatic nitrogens is 2. The number of nitrogens with zero attached hydrogens (tertiary/aromatic N) is 2. The zero-order chi connectivity index (χ0) is 31.6. The molecule has 0 saturated heterocycles. The average Bonchev–Trinajstić information content (AvgIpc) is 3.90. The summed E-state index contributed by atoms with van der Waals surface area (Å²) < 4.78 is 37.3. The van der Waals surface area contributed by atoms with Crippen molar-refractivity contribution in [3.63, 3.8) is 0 Å². The van der Waals surface area contributed by atoms with Crippen molar-refractivity contribution in [3.05, 3.63) is 97.9 Å². The Balaban J connectivity index is 0.000000906. The minimum Gasteiger partial charge on any atom is -0.489 e. The SMILES string of the molecule is CCNC(=O)c1cncc(C2(C)CC2c2ccc(OCc3c(-c4c(Cl)cccc4Cl)noc3C3CC3)cc2Cl)c1.O=S(=O)=O. The molecule has 0 bridgehead atoms. The molecule has 0 spiro atoms. The summed E-state index contributed by atoms with van der Waals surface area (Å²) in [6, 6.07) is 13.1. The van der Waals surface area contributed by atoms with Crippen LogP contribution in [0.25, 0.3) is 11.3 Å². The summed E-state index contributed by atoms with van der Waals surface area (Å²) in [5.74, 6) is 1.91. The number of carbonyl (C=O) groups excluding carboxylic acids is 1. The normalized spacial score (nSPS) is 18.6.